The summed E-state index contributed by atoms with van der Waals surface area (Å²) in [6, 6.07) is 13.6. The first-order valence-electron chi connectivity index (χ1n) is 5.71. The average Bonchev–Trinajstić information content (AvgIpc) is 2.82. The van der Waals surface area contributed by atoms with Crippen LogP contribution < -0.4 is 5.73 Å². The van der Waals surface area contributed by atoms with Crippen LogP contribution >= 0.6 is 11.6 Å². The summed E-state index contributed by atoms with van der Waals surface area (Å²) in [4.78, 5) is 4.58. The summed E-state index contributed by atoms with van der Waals surface area (Å²) in [7, 11) is 0. The molecule has 0 saturated carbocycles. The first-order chi connectivity index (χ1) is 8.78. The largest absolute Gasteiger partial charge is 0.325 e. The summed E-state index contributed by atoms with van der Waals surface area (Å²) >= 11 is 6.00. The maximum atomic E-state index is 6.00. The molecule has 1 aromatic carbocycles. The fraction of sp³-hybridized carbons (Fsp3) is 0.0714. The molecule has 0 radical (unpaired) electrons. The van der Waals surface area contributed by atoms with Crippen LogP contribution in [0, 0.1) is 0 Å². The highest BCUT2D eigenvalue weighted by molar-refractivity contribution is 6.30. The monoisotopic (exact) mass is 257 g/mol. The van der Waals surface area contributed by atoms with Gasteiger partial charge in [-0.1, -0.05) is 29.8 Å². The number of nitrogens with zero attached hydrogens (tertiary/aromatic N) is 2. The molecule has 4 heteroatoms. The number of imidazole rings is 1. The predicted molar refractivity (Wildman–Crippen MR) is 73.5 cm³/mol. The van der Waals surface area contributed by atoms with Crippen LogP contribution in [0.1, 0.15) is 5.69 Å². The fourth-order valence-electron chi connectivity index (χ4n) is 2.02. The summed E-state index contributed by atoms with van der Waals surface area (Å²) in [5.74, 6) is 0. The number of pyridine rings is 1. The van der Waals surface area contributed by atoms with Gasteiger partial charge < -0.3 is 10.1 Å². The normalized spacial score (nSPS) is 11.0. The van der Waals surface area contributed by atoms with Crippen molar-refractivity contribution in [3.05, 3.63) is 59.4 Å². The summed E-state index contributed by atoms with van der Waals surface area (Å²) in [6.45, 7) is 0.489. The highest BCUT2D eigenvalue weighted by Crippen LogP contribution is 2.22. The molecule has 90 valence electrons. The molecule has 0 saturated heterocycles. The van der Waals surface area contributed by atoms with Gasteiger partial charge in [-0.3, -0.25) is 0 Å². The van der Waals surface area contributed by atoms with Gasteiger partial charge in [0.2, 0.25) is 0 Å². The summed E-state index contributed by atoms with van der Waals surface area (Å²) < 4.78 is 2.01. The van der Waals surface area contributed by atoms with Gasteiger partial charge >= 0.3 is 0 Å². The first-order valence-corrected chi connectivity index (χ1v) is 6.09. The Labute approximate surface area is 110 Å². The lowest BCUT2D eigenvalue weighted by Crippen LogP contribution is -2.02. The van der Waals surface area contributed by atoms with Crippen molar-refractivity contribution in [2.75, 3.05) is 0 Å². The molecule has 3 aromatic rings. The van der Waals surface area contributed by atoms with Gasteiger partial charge in [-0.15, -0.1) is 0 Å². The zero-order valence-electron chi connectivity index (χ0n) is 9.68. The van der Waals surface area contributed by atoms with E-state index in [4.69, 9.17) is 17.3 Å². The van der Waals surface area contributed by atoms with Gasteiger partial charge in [-0.25, -0.2) is 4.98 Å². The number of nitrogens with two attached hydrogens (primary N) is 1. The first kappa shape index (κ1) is 11.3. The van der Waals surface area contributed by atoms with Crippen LogP contribution in [-0.4, -0.2) is 9.38 Å². The topological polar surface area (TPSA) is 43.3 Å². The minimum Gasteiger partial charge on any atom is -0.325 e. The van der Waals surface area contributed by atoms with Crippen LogP contribution in [0.3, 0.4) is 0 Å². The van der Waals surface area contributed by atoms with Gasteiger partial charge in [0.05, 0.1) is 5.69 Å². The average molecular weight is 258 g/mol. The molecule has 0 aliphatic rings. The number of hydrogen-bond donors (Lipinski definition) is 1. The predicted octanol–water partition coefficient (Wildman–Crippen LogP) is 3.11. The molecule has 0 unspecified atom stereocenters. The molecule has 0 bridgehead atoms. The van der Waals surface area contributed by atoms with Gasteiger partial charge in [0.15, 0.2) is 0 Å². The van der Waals surface area contributed by atoms with Gasteiger partial charge in [0.1, 0.15) is 5.65 Å². The molecule has 0 fully saturated rings. The third-order valence-electron chi connectivity index (χ3n) is 2.91. The zero-order valence-corrected chi connectivity index (χ0v) is 10.4. The second-order valence-corrected chi connectivity index (χ2v) is 4.52. The lowest BCUT2D eigenvalue weighted by atomic mass is 10.2. The van der Waals surface area contributed by atoms with Crippen LogP contribution in [0.5, 0.6) is 0 Å². The van der Waals surface area contributed by atoms with Crippen LogP contribution in [-0.2, 0) is 6.54 Å². The molecule has 0 atom stereocenters. The quantitative estimate of drug-likeness (QED) is 0.767. The van der Waals surface area contributed by atoms with Gasteiger partial charge in [0, 0.05) is 29.0 Å². The Morgan fingerprint density at radius 2 is 2.00 bits per heavy atom. The second-order valence-electron chi connectivity index (χ2n) is 4.09. The molecule has 0 aliphatic carbocycles. The van der Waals surface area contributed by atoms with Crippen LogP contribution in [0.4, 0.5) is 0 Å². The summed E-state index contributed by atoms with van der Waals surface area (Å²) in [5.41, 5.74) is 9.56. The Balaban J connectivity index is 2.19. The minimum absolute atomic E-state index is 0.489. The molecule has 18 heavy (non-hydrogen) atoms. The van der Waals surface area contributed by atoms with E-state index >= 15 is 0 Å². The fourth-order valence-corrected chi connectivity index (χ4v) is 2.21. The molecule has 2 N–H and O–H groups in total. The van der Waals surface area contributed by atoms with E-state index < -0.39 is 0 Å². The lowest BCUT2D eigenvalue weighted by molar-refractivity contribution is 0.946. The van der Waals surface area contributed by atoms with E-state index in [0.29, 0.717) is 11.6 Å². The van der Waals surface area contributed by atoms with E-state index in [-0.39, 0.29) is 0 Å². The number of benzene rings is 1. The van der Waals surface area contributed by atoms with Crippen LogP contribution in [0.25, 0.3) is 16.9 Å². The third kappa shape index (κ3) is 1.88. The van der Waals surface area contributed by atoms with E-state index in [1.54, 1.807) is 0 Å². The molecular weight excluding hydrogens is 246 g/mol. The number of rotatable bonds is 2. The standard InChI is InChI=1S/C14H12ClN3/c15-11-4-1-3-10(7-11)13-9-18-12(8-16)5-2-6-14(18)17-13/h1-7,9H,8,16H2. The lowest BCUT2D eigenvalue weighted by Gasteiger charge is -2.00. The molecular formula is C14H12ClN3. The molecule has 0 aliphatic heterocycles. The Bertz CT molecular complexity index is 703. The summed E-state index contributed by atoms with van der Waals surface area (Å²) in [6.07, 6.45) is 1.99. The van der Waals surface area contributed by atoms with E-state index in [9.17, 15) is 0 Å². The van der Waals surface area contributed by atoms with E-state index in [1.807, 2.05) is 53.1 Å². The maximum Gasteiger partial charge on any atom is 0.137 e. The Morgan fingerprint density at radius 3 is 2.78 bits per heavy atom. The third-order valence-corrected chi connectivity index (χ3v) is 3.14. The van der Waals surface area contributed by atoms with E-state index in [1.165, 1.54) is 0 Å². The van der Waals surface area contributed by atoms with E-state index in [2.05, 4.69) is 4.98 Å². The zero-order chi connectivity index (χ0) is 12.5. The van der Waals surface area contributed by atoms with Crippen molar-refractivity contribution in [3.63, 3.8) is 0 Å². The van der Waals surface area contributed by atoms with Gasteiger partial charge in [-0.2, -0.15) is 0 Å². The SMILES string of the molecule is NCc1cccc2nc(-c3cccc(Cl)c3)cn12. The van der Waals surface area contributed by atoms with Crippen molar-refractivity contribution < 1.29 is 0 Å². The van der Waals surface area contributed by atoms with Crippen molar-refractivity contribution in [3.8, 4) is 11.3 Å². The smallest absolute Gasteiger partial charge is 0.137 e. The number of aromatic nitrogens is 2. The van der Waals surface area contributed by atoms with Gasteiger partial charge in [-0.05, 0) is 24.3 Å². The van der Waals surface area contributed by atoms with Crippen molar-refractivity contribution in [1.29, 1.82) is 0 Å². The van der Waals surface area contributed by atoms with Crippen molar-refractivity contribution in [2.45, 2.75) is 6.54 Å². The Kier molecular flexibility index (Phi) is 2.78. The Hall–Kier alpha value is -1.84. The molecule has 0 amide bonds. The number of halogens is 1. The van der Waals surface area contributed by atoms with Crippen molar-refractivity contribution in [2.24, 2.45) is 5.73 Å². The van der Waals surface area contributed by atoms with Gasteiger partial charge in [0.25, 0.3) is 0 Å². The van der Waals surface area contributed by atoms with Crippen molar-refractivity contribution in [1.82, 2.24) is 9.38 Å². The van der Waals surface area contributed by atoms with Crippen LogP contribution in [0.15, 0.2) is 48.7 Å². The number of hydrogen-bond acceptors (Lipinski definition) is 2. The summed E-state index contributed by atoms with van der Waals surface area (Å²) in [5, 5.41) is 0.712. The molecule has 3 rings (SSSR count). The molecule has 3 nitrogen and oxygen atoms in total. The minimum atomic E-state index is 0.489. The highest BCUT2D eigenvalue weighted by Gasteiger charge is 2.06. The van der Waals surface area contributed by atoms with Crippen LogP contribution in [0.2, 0.25) is 5.02 Å². The second kappa shape index (κ2) is 4.44. The molecule has 0 spiro atoms. The maximum absolute atomic E-state index is 6.00. The number of fused-ring (bicyclic) bond motifs is 1. The molecule has 2 heterocycles. The highest BCUT2D eigenvalue weighted by atomic mass is 35.5. The van der Waals surface area contributed by atoms with Crippen molar-refractivity contribution >= 4 is 17.2 Å². The van der Waals surface area contributed by atoms with E-state index in [0.717, 1.165) is 22.6 Å². The molecule has 2 aromatic heterocycles. The Morgan fingerprint density at radius 1 is 1.17 bits per heavy atom.